The monoisotopic (exact) mass is 426 g/mol. The van der Waals surface area contributed by atoms with Crippen LogP contribution in [0.15, 0.2) is 41.1 Å². The van der Waals surface area contributed by atoms with Gasteiger partial charge in [-0.2, -0.15) is 0 Å². The number of thiophene rings is 3. The van der Waals surface area contributed by atoms with E-state index in [0.717, 1.165) is 6.42 Å². The fourth-order valence-electron chi connectivity index (χ4n) is 2.15. The average molecular weight is 427 g/mol. The van der Waals surface area contributed by atoms with E-state index in [1.807, 2.05) is 11.3 Å². The van der Waals surface area contributed by atoms with Crippen molar-refractivity contribution in [1.29, 1.82) is 0 Å². The second-order valence-electron chi connectivity index (χ2n) is 4.95. The molecular weight excluding hydrogens is 412 g/mol. The number of halogens is 1. The fourth-order valence-corrected chi connectivity index (χ4v) is 5.20. The van der Waals surface area contributed by atoms with Crippen LogP contribution in [0, 0.1) is 0 Å². The van der Waals surface area contributed by atoms with Crippen LogP contribution >= 0.6 is 49.9 Å². The Bertz CT molecular complexity index is 758. The highest BCUT2D eigenvalue weighted by Crippen LogP contribution is 2.41. The van der Waals surface area contributed by atoms with Crippen molar-refractivity contribution in [3.8, 4) is 19.5 Å². The smallest absolute Gasteiger partial charge is 0.319 e. The maximum atomic E-state index is 11.6. The van der Waals surface area contributed by atoms with Crippen molar-refractivity contribution in [2.75, 3.05) is 6.61 Å². The van der Waals surface area contributed by atoms with E-state index >= 15 is 0 Å². The summed E-state index contributed by atoms with van der Waals surface area (Å²) in [5, 5.41) is 4.19. The first-order valence-electron chi connectivity index (χ1n) is 7.16. The first-order valence-corrected chi connectivity index (χ1v) is 10.7. The Balaban J connectivity index is 1.81. The Morgan fingerprint density at radius 2 is 1.87 bits per heavy atom. The van der Waals surface area contributed by atoms with Crippen LogP contribution in [0.5, 0.6) is 0 Å². The van der Waals surface area contributed by atoms with Gasteiger partial charge in [-0.1, -0.05) is 28.1 Å². The van der Waals surface area contributed by atoms with Gasteiger partial charge in [0.1, 0.15) is 4.83 Å². The summed E-state index contributed by atoms with van der Waals surface area (Å²) in [5.74, 6) is -0.212. The van der Waals surface area contributed by atoms with Crippen LogP contribution in [0.3, 0.4) is 0 Å². The molecule has 0 spiro atoms. The number of carbonyl (C=O) groups is 1. The minimum absolute atomic E-state index is 0.212. The summed E-state index contributed by atoms with van der Waals surface area (Å²) in [7, 11) is 0. The topological polar surface area (TPSA) is 26.3 Å². The molecule has 0 aromatic carbocycles. The standard InChI is InChI=1S/C17H15BrO2S3/c1-11(18)17(19)20-7-6-12-10-15(13-4-2-8-21-13)23-16(12)14-5-3-9-22-14/h2-5,8-11H,6-7H2,1H3. The Kier molecular flexibility index (Phi) is 5.69. The lowest BCUT2D eigenvalue weighted by atomic mass is 10.1. The van der Waals surface area contributed by atoms with Gasteiger partial charge in [0.2, 0.25) is 0 Å². The molecule has 2 nitrogen and oxygen atoms in total. The van der Waals surface area contributed by atoms with Crippen molar-refractivity contribution < 1.29 is 9.53 Å². The largest absolute Gasteiger partial charge is 0.465 e. The van der Waals surface area contributed by atoms with Gasteiger partial charge in [0, 0.05) is 25.9 Å². The van der Waals surface area contributed by atoms with Crippen molar-refractivity contribution in [3.63, 3.8) is 0 Å². The molecule has 23 heavy (non-hydrogen) atoms. The molecule has 0 amide bonds. The number of carbonyl (C=O) groups excluding carboxylic acids is 1. The first-order chi connectivity index (χ1) is 11.1. The van der Waals surface area contributed by atoms with Crippen molar-refractivity contribution in [3.05, 3.63) is 46.7 Å². The van der Waals surface area contributed by atoms with Gasteiger partial charge in [0.25, 0.3) is 0 Å². The van der Waals surface area contributed by atoms with Gasteiger partial charge < -0.3 is 4.74 Å². The van der Waals surface area contributed by atoms with Gasteiger partial charge in [-0.15, -0.1) is 34.0 Å². The van der Waals surface area contributed by atoms with Crippen LogP contribution in [-0.4, -0.2) is 17.4 Å². The quantitative estimate of drug-likeness (QED) is 0.352. The fraction of sp³-hybridized carbons (Fsp3) is 0.235. The molecule has 0 aliphatic carbocycles. The number of ether oxygens (including phenoxy) is 1. The lowest BCUT2D eigenvalue weighted by Gasteiger charge is -2.06. The highest BCUT2D eigenvalue weighted by atomic mass is 79.9. The highest BCUT2D eigenvalue weighted by molar-refractivity contribution is 9.10. The zero-order valence-electron chi connectivity index (χ0n) is 12.5. The molecule has 1 unspecified atom stereocenters. The summed E-state index contributed by atoms with van der Waals surface area (Å²) in [5.41, 5.74) is 1.25. The predicted octanol–water partition coefficient (Wildman–Crippen LogP) is 6.07. The third kappa shape index (κ3) is 4.12. The second kappa shape index (κ2) is 7.75. The molecule has 1 atom stereocenters. The van der Waals surface area contributed by atoms with Gasteiger partial charge in [0.15, 0.2) is 0 Å². The van der Waals surface area contributed by atoms with E-state index in [4.69, 9.17) is 4.74 Å². The molecule has 0 N–H and O–H groups in total. The summed E-state index contributed by atoms with van der Waals surface area (Å²) in [4.78, 5) is 16.4. The lowest BCUT2D eigenvalue weighted by molar-refractivity contribution is -0.142. The summed E-state index contributed by atoms with van der Waals surface area (Å²) in [6.07, 6.45) is 0.737. The Hall–Kier alpha value is -0.950. The molecule has 0 saturated heterocycles. The third-order valence-electron chi connectivity index (χ3n) is 3.26. The van der Waals surface area contributed by atoms with E-state index in [-0.39, 0.29) is 10.8 Å². The van der Waals surface area contributed by atoms with Gasteiger partial charge in [-0.25, -0.2) is 0 Å². The van der Waals surface area contributed by atoms with Crippen LogP contribution in [0.1, 0.15) is 12.5 Å². The molecule has 3 aromatic rings. The predicted molar refractivity (Wildman–Crippen MR) is 104 cm³/mol. The summed E-state index contributed by atoms with van der Waals surface area (Å²) in [6, 6.07) is 10.7. The molecule has 3 heterocycles. The minimum atomic E-state index is -0.261. The molecular formula is C17H15BrO2S3. The Labute approximate surface area is 155 Å². The molecule has 6 heteroatoms. The maximum absolute atomic E-state index is 11.6. The summed E-state index contributed by atoms with van der Waals surface area (Å²) in [6.45, 7) is 2.19. The van der Waals surface area contributed by atoms with E-state index in [1.54, 1.807) is 29.6 Å². The van der Waals surface area contributed by atoms with E-state index < -0.39 is 0 Å². The number of hydrogen-bond acceptors (Lipinski definition) is 5. The van der Waals surface area contributed by atoms with Crippen molar-refractivity contribution in [1.82, 2.24) is 0 Å². The average Bonchev–Trinajstić information content (AvgIpc) is 3.27. The molecule has 0 aliphatic heterocycles. The van der Waals surface area contributed by atoms with Crippen LogP contribution in [0.2, 0.25) is 0 Å². The second-order valence-corrected chi connectivity index (χ2v) is 9.27. The molecule has 0 fully saturated rings. The zero-order chi connectivity index (χ0) is 16.2. The van der Waals surface area contributed by atoms with Gasteiger partial charge in [-0.3, -0.25) is 4.79 Å². The van der Waals surface area contributed by atoms with Crippen LogP contribution < -0.4 is 0 Å². The van der Waals surface area contributed by atoms with Gasteiger partial charge in [-0.05, 0) is 41.4 Å². The molecule has 3 aromatic heterocycles. The Morgan fingerprint density at radius 3 is 2.48 bits per heavy atom. The van der Waals surface area contributed by atoms with Crippen LogP contribution in [-0.2, 0) is 16.0 Å². The van der Waals surface area contributed by atoms with Crippen LogP contribution in [0.4, 0.5) is 0 Å². The van der Waals surface area contributed by atoms with Gasteiger partial charge in [0.05, 0.1) is 6.61 Å². The van der Waals surface area contributed by atoms with Crippen molar-refractivity contribution in [2.45, 2.75) is 18.2 Å². The number of rotatable bonds is 6. The number of hydrogen-bond donors (Lipinski definition) is 0. The van der Waals surface area contributed by atoms with Crippen LogP contribution in [0.25, 0.3) is 19.5 Å². The molecule has 120 valence electrons. The zero-order valence-corrected chi connectivity index (χ0v) is 16.5. The number of esters is 1. The molecule has 0 bridgehead atoms. The van der Waals surface area contributed by atoms with E-state index in [9.17, 15) is 4.79 Å². The SMILES string of the molecule is CC(Br)C(=O)OCCc1cc(-c2cccs2)sc1-c1cccs1. The van der Waals surface area contributed by atoms with Gasteiger partial charge >= 0.3 is 5.97 Å². The molecule has 0 saturated carbocycles. The molecule has 0 aliphatic rings. The van der Waals surface area contributed by atoms with Crippen molar-refractivity contribution in [2.24, 2.45) is 0 Å². The van der Waals surface area contributed by atoms with E-state index in [2.05, 4.69) is 57.0 Å². The third-order valence-corrected chi connectivity index (χ3v) is 6.93. The summed E-state index contributed by atoms with van der Waals surface area (Å²) >= 11 is 8.54. The maximum Gasteiger partial charge on any atom is 0.319 e. The Morgan fingerprint density at radius 1 is 1.17 bits per heavy atom. The molecule has 3 rings (SSSR count). The normalized spacial score (nSPS) is 12.3. The molecule has 0 radical (unpaired) electrons. The van der Waals surface area contributed by atoms with E-state index in [0.29, 0.717) is 6.61 Å². The van der Waals surface area contributed by atoms with Crippen molar-refractivity contribution >= 4 is 55.9 Å². The summed E-state index contributed by atoms with van der Waals surface area (Å²) < 4.78 is 5.30. The highest BCUT2D eigenvalue weighted by Gasteiger charge is 2.15. The minimum Gasteiger partial charge on any atom is -0.465 e. The van der Waals surface area contributed by atoms with E-state index in [1.165, 1.54) is 25.1 Å². The number of alkyl halides is 1. The first kappa shape index (κ1) is 16.9. The lowest BCUT2D eigenvalue weighted by Crippen LogP contribution is -2.15.